The zero-order valence-corrected chi connectivity index (χ0v) is 17.3. The first-order valence-electron chi connectivity index (χ1n) is 9.44. The SMILES string of the molecule is COc1ccc(OC)c([C@@H]2C(C#N)=C(N)Oc3c2c(C)nn3-c2ccc(C)cc2)c1. The molecule has 0 spiro atoms. The molecule has 1 aromatic heterocycles. The van der Waals surface area contributed by atoms with Crippen molar-refractivity contribution in [1.29, 1.82) is 5.26 Å². The molecule has 1 atom stereocenters. The molecule has 2 N–H and O–H groups in total. The van der Waals surface area contributed by atoms with Gasteiger partial charge in [-0.1, -0.05) is 17.7 Å². The second-order valence-electron chi connectivity index (χ2n) is 7.08. The van der Waals surface area contributed by atoms with E-state index in [1.54, 1.807) is 18.9 Å². The number of nitriles is 1. The van der Waals surface area contributed by atoms with Gasteiger partial charge in [0.05, 0.1) is 37.1 Å². The number of nitrogens with two attached hydrogens (primary N) is 1. The molecule has 1 aliphatic heterocycles. The van der Waals surface area contributed by atoms with Crippen LogP contribution < -0.4 is 19.9 Å². The van der Waals surface area contributed by atoms with Crippen LogP contribution in [0.1, 0.15) is 28.3 Å². The van der Waals surface area contributed by atoms with Crippen molar-refractivity contribution < 1.29 is 14.2 Å². The molecular formula is C23H22N4O3. The number of ether oxygens (including phenoxy) is 3. The number of fused-ring (bicyclic) bond motifs is 1. The molecule has 0 saturated heterocycles. The summed E-state index contributed by atoms with van der Waals surface area (Å²) in [5.41, 5.74) is 10.8. The summed E-state index contributed by atoms with van der Waals surface area (Å²) in [6.45, 7) is 3.91. The number of aryl methyl sites for hydroxylation is 2. The first-order chi connectivity index (χ1) is 14.5. The van der Waals surface area contributed by atoms with E-state index < -0.39 is 5.92 Å². The number of methoxy groups -OCH3 is 2. The summed E-state index contributed by atoms with van der Waals surface area (Å²) >= 11 is 0. The Balaban J connectivity index is 1.98. The zero-order valence-electron chi connectivity index (χ0n) is 17.3. The third-order valence-electron chi connectivity index (χ3n) is 5.26. The van der Waals surface area contributed by atoms with Gasteiger partial charge in [-0.2, -0.15) is 10.4 Å². The fourth-order valence-corrected chi connectivity index (χ4v) is 3.75. The van der Waals surface area contributed by atoms with Gasteiger partial charge in [-0.15, -0.1) is 0 Å². The molecule has 0 fully saturated rings. The number of rotatable bonds is 4. The van der Waals surface area contributed by atoms with Crippen LogP contribution in [-0.2, 0) is 0 Å². The average molecular weight is 402 g/mol. The number of hydrogen-bond donors (Lipinski definition) is 1. The van der Waals surface area contributed by atoms with Crippen LogP contribution in [0.25, 0.3) is 5.69 Å². The van der Waals surface area contributed by atoms with Gasteiger partial charge in [-0.05, 0) is 44.2 Å². The van der Waals surface area contributed by atoms with Crippen LogP contribution in [0.2, 0.25) is 0 Å². The van der Waals surface area contributed by atoms with Gasteiger partial charge in [0.15, 0.2) is 0 Å². The standard InChI is InChI=1S/C23H22N4O3/c1-13-5-7-15(8-6-13)27-23-20(14(2)26-27)21(18(12-24)22(25)30-23)17-11-16(28-3)9-10-19(17)29-4/h5-11,21H,25H2,1-4H3/t21-/m1/s1. The largest absolute Gasteiger partial charge is 0.497 e. The molecule has 30 heavy (non-hydrogen) atoms. The van der Waals surface area contributed by atoms with Gasteiger partial charge in [-0.3, -0.25) is 0 Å². The van der Waals surface area contributed by atoms with E-state index in [0.29, 0.717) is 23.0 Å². The lowest BCUT2D eigenvalue weighted by atomic mass is 9.83. The van der Waals surface area contributed by atoms with Crippen LogP contribution in [0.15, 0.2) is 53.9 Å². The van der Waals surface area contributed by atoms with Gasteiger partial charge >= 0.3 is 0 Å². The second-order valence-corrected chi connectivity index (χ2v) is 7.08. The maximum Gasteiger partial charge on any atom is 0.229 e. The van der Waals surface area contributed by atoms with Crippen LogP contribution >= 0.6 is 0 Å². The third-order valence-corrected chi connectivity index (χ3v) is 5.26. The Labute approximate surface area is 174 Å². The molecule has 3 aromatic rings. The monoisotopic (exact) mass is 402 g/mol. The summed E-state index contributed by atoms with van der Waals surface area (Å²) < 4.78 is 18.6. The van der Waals surface area contributed by atoms with Crippen molar-refractivity contribution in [2.75, 3.05) is 14.2 Å². The lowest BCUT2D eigenvalue weighted by Crippen LogP contribution is -2.22. The Morgan fingerprint density at radius 2 is 1.83 bits per heavy atom. The summed E-state index contributed by atoms with van der Waals surface area (Å²) in [5.74, 6) is 1.31. The van der Waals surface area contributed by atoms with Crippen molar-refractivity contribution in [3.63, 3.8) is 0 Å². The topological polar surface area (TPSA) is 95.3 Å². The van der Waals surface area contributed by atoms with Gasteiger partial charge in [-0.25, -0.2) is 4.68 Å². The zero-order chi connectivity index (χ0) is 21.4. The van der Waals surface area contributed by atoms with Gasteiger partial charge in [0.2, 0.25) is 11.8 Å². The molecule has 0 aliphatic carbocycles. The van der Waals surface area contributed by atoms with Crippen molar-refractivity contribution in [3.8, 4) is 29.1 Å². The first-order valence-corrected chi connectivity index (χ1v) is 9.44. The molecule has 7 heteroatoms. The summed E-state index contributed by atoms with van der Waals surface area (Å²) in [5, 5.41) is 14.6. The minimum atomic E-state index is -0.497. The number of aromatic nitrogens is 2. The van der Waals surface area contributed by atoms with E-state index in [2.05, 4.69) is 6.07 Å². The van der Waals surface area contributed by atoms with E-state index >= 15 is 0 Å². The highest BCUT2D eigenvalue weighted by molar-refractivity contribution is 5.60. The van der Waals surface area contributed by atoms with Crippen molar-refractivity contribution in [3.05, 3.63) is 76.3 Å². The quantitative estimate of drug-likeness (QED) is 0.715. The minimum Gasteiger partial charge on any atom is -0.497 e. The fourth-order valence-electron chi connectivity index (χ4n) is 3.75. The van der Waals surface area contributed by atoms with E-state index in [1.165, 1.54) is 0 Å². The molecule has 4 rings (SSSR count). The Bertz CT molecular complexity index is 1190. The Morgan fingerprint density at radius 3 is 2.47 bits per heavy atom. The van der Waals surface area contributed by atoms with E-state index in [9.17, 15) is 5.26 Å². The van der Waals surface area contributed by atoms with Crippen LogP contribution in [0.4, 0.5) is 0 Å². The van der Waals surface area contributed by atoms with E-state index in [1.807, 2.05) is 56.3 Å². The molecule has 0 unspecified atom stereocenters. The Kier molecular flexibility index (Phi) is 4.84. The normalized spacial score (nSPS) is 15.2. The predicted molar refractivity (Wildman–Crippen MR) is 112 cm³/mol. The highest BCUT2D eigenvalue weighted by Gasteiger charge is 2.37. The van der Waals surface area contributed by atoms with Crippen molar-refractivity contribution in [1.82, 2.24) is 9.78 Å². The molecule has 0 bridgehead atoms. The summed E-state index contributed by atoms with van der Waals surface area (Å²) in [4.78, 5) is 0. The first kappa shape index (κ1) is 19.4. The number of benzene rings is 2. The molecule has 1 aliphatic rings. The van der Waals surface area contributed by atoms with Gasteiger partial charge in [0.25, 0.3) is 0 Å². The minimum absolute atomic E-state index is 0.0492. The van der Waals surface area contributed by atoms with E-state index in [-0.39, 0.29) is 5.88 Å². The highest BCUT2D eigenvalue weighted by Crippen LogP contribution is 2.47. The van der Waals surface area contributed by atoms with Crippen LogP contribution in [0.5, 0.6) is 17.4 Å². The van der Waals surface area contributed by atoms with Crippen molar-refractivity contribution in [2.24, 2.45) is 5.73 Å². The lowest BCUT2D eigenvalue weighted by molar-refractivity contribution is 0.363. The summed E-state index contributed by atoms with van der Waals surface area (Å²) in [6, 6.07) is 15.6. The van der Waals surface area contributed by atoms with Gasteiger partial charge in [0, 0.05) is 5.56 Å². The molecule has 0 radical (unpaired) electrons. The molecule has 7 nitrogen and oxygen atoms in total. The average Bonchev–Trinajstić information content (AvgIpc) is 3.08. The van der Waals surface area contributed by atoms with Crippen molar-refractivity contribution in [2.45, 2.75) is 19.8 Å². The molecule has 0 saturated carbocycles. The van der Waals surface area contributed by atoms with Crippen molar-refractivity contribution >= 4 is 0 Å². The Morgan fingerprint density at radius 1 is 1.10 bits per heavy atom. The Hall–Kier alpha value is -3.92. The van der Waals surface area contributed by atoms with Crippen LogP contribution in [0.3, 0.4) is 0 Å². The molecule has 2 aromatic carbocycles. The summed E-state index contributed by atoms with van der Waals surface area (Å²) in [7, 11) is 3.18. The van der Waals surface area contributed by atoms with E-state index in [4.69, 9.17) is 25.0 Å². The predicted octanol–water partition coefficient (Wildman–Crippen LogP) is 3.72. The van der Waals surface area contributed by atoms with Crippen LogP contribution in [-0.4, -0.2) is 24.0 Å². The maximum absolute atomic E-state index is 9.89. The molecular weight excluding hydrogens is 380 g/mol. The number of hydrogen-bond acceptors (Lipinski definition) is 6. The van der Waals surface area contributed by atoms with Crippen LogP contribution in [0, 0.1) is 25.2 Å². The molecule has 152 valence electrons. The number of nitrogens with zero attached hydrogens (tertiary/aromatic N) is 3. The second kappa shape index (κ2) is 7.48. The summed E-state index contributed by atoms with van der Waals surface area (Å²) in [6.07, 6.45) is 0. The molecule has 0 amide bonds. The number of allylic oxidation sites excluding steroid dienone is 1. The highest BCUT2D eigenvalue weighted by atomic mass is 16.5. The van der Waals surface area contributed by atoms with Gasteiger partial charge < -0.3 is 19.9 Å². The third kappa shape index (κ3) is 3.03. The van der Waals surface area contributed by atoms with Gasteiger partial charge in [0.1, 0.15) is 23.1 Å². The lowest BCUT2D eigenvalue weighted by Gasteiger charge is -2.26. The maximum atomic E-state index is 9.89. The molecule has 2 heterocycles. The fraction of sp³-hybridized carbons (Fsp3) is 0.217. The smallest absolute Gasteiger partial charge is 0.229 e. The van der Waals surface area contributed by atoms with E-state index in [0.717, 1.165) is 28.1 Å².